The van der Waals surface area contributed by atoms with Crippen LogP contribution in [0.15, 0.2) is 22.9 Å². The SMILES string of the molecule is O=C(NCc1cccs1)[C@@H]1CO[C@@H]2CCN(C(=O)c3csnn3)C[C@@H]2C1. The largest absolute Gasteiger partial charge is 0.377 e. The summed E-state index contributed by atoms with van der Waals surface area (Å²) in [5.74, 6) is -0.0248. The van der Waals surface area contributed by atoms with Crippen molar-refractivity contribution in [2.45, 2.75) is 25.5 Å². The second kappa shape index (κ2) is 7.81. The van der Waals surface area contributed by atoms with Gasteiger partial charge >= 0.3 is 0 Å². The van der Waals surface area contributed by atoms with Crippen LogP contribution in [0.3, 0.4) is 0 Å². The summed E-state index contributed by atoms with van der Waals surface area (Å²) in [6, 6.07) is 3.99. The van der Waals surface area contributed by atoms with E-state index in [2.05, 4.69) is 14.9 Å². The van der Waals surface area contributed by atoms with Gasteiger partial charge in [0, 0.05) is 29.3 Å². The summed E-state index contributed by atoms with van der Waals surface area (Å²) < 4.78 is 9.71. The van der Waals surface area contributed by atoms with Crippen molar-refractivity contribution in [3.05, 3.63) is 33.5 Å². The van der Waals surface area contributed by atoms with Crippen LogP contribution in [0.1, 0.15) is 28.2 Å². The van der Waals surface area contributed by atoms with Crippen molar-refractivity contribution >= 4 is 34.7 Å². The summed E-state index contributed by atoms with van der Waals surface area (Å²) in [7, 11) is 0. The van der Waals surface area contributed by atoms with Gasteiger partial charge in [0.1, 0.15) is 0 Å². The fourth-order valence-corrected chi connectivity index (χ4v) is 4.72. The first-order valence-electron chi connectivity index (χ1n) is 8.68. The third-order valence-electron chi connectivity index (χ3n) is 5.02. The minimum atomic E-state index is -0.160. The molecular formula is C17H20N4O3S2. The van der Waals surface area contributed by atoms with Gasteiger partial charge in [-0.2, -0.15) is 0 Å². The lowest BCUT2D eigenvalue weighted by atomic mass is 9.83. The van der Waals surface area contributed by atoms with Crippen LogP contribution >= 0.6 is 22.9 Å². The molecule has 1 N–H and O–H groups in total. The quantitative estimate of drug-likeness (QED) is 0.857. The number of nitrogens with zero attached hydrogens (tertiary/aromatic N) is 3. The van der Waals surface area contributed by atoms with E-state index in [1.54, 1.807) is 16.7 Å². The molecule has 4 heterocycles. The van der Waals surface area contributed by atoms with Crippen molar-refractivity contribution in [3.8, 4) is 0 Å². The zero-order valence-electron chi connectivity index (χ0n) is 14.2. The fraction of sp³-hybridized carbons (Fsp3) is 0.529. The Labute approximate surface area is 159 Å². The molecular weight excluding hydrogens is 372 g/mol. The number of carbonyl (C=O) groups is 2. The number of thiophene rings is 1. The molecule has 2 aromatic heterocycles. The molecule has 2 amide bonds. The Balaban J connectivity index is 1.33. The average molecular weight is 393 g/mol. The molecule has 4 rings (SSSR count). The Bertz CT molecular complexity index is 750. The molecule has 3 atom stereocenters. The van der Waals surface area contributed by atoms with Gasteiger partial charge in [0.25, 0.3) is 5.91 Å². The van der Waals surface area contributed by atoms with E-state index in [9.17, 15) is 9.59 Å². The van der Waals surface area contributed by atoms with Crippen molar-refractivity contribution in [2.24, 2.45) is 11.8 Å². The Kier molecular flexibility index (Phi) is 5.28. The first-order valence-corrected chi connectivity index (χ1v) is 10.4. The molecule has 7 nitrogen and oxygen atoms in total. The molecule has 2 aliphatic rings. The lowest BCUT2D eigenvalue weighted by Crippen LogP contribution is -2.51. The maximum Gasteiger partial charge on any atom is 0.275 e. The van der Waals surface area contributed by atoms with Gasteiger partial charge in [-0.15, -0.1) is 16.4 Å². The maximum atomic E-state index is 12.5. The number of piperidine rings is 1. The molecule has 2 aliphatic heterocycles. The van der Waals surface area contributed by atoms with Crippen molar-refractivity contribution < 1.29 is 14.3 Å². The van der Waals surface area contributed by atoms with Crippen molar-refractivity contribution in [1.29, 1.82) is 0 Å². The molecule has 0 saturated carbocycles. The van der Waals surface area contributed by atoms with Gasteiger partial charge in [0.05, 0.1) is 25.2 Å². The minimum Gasteiger partial charge on any atom is -0.377 e. The monoisotopic (exact) mass is 392 g/mol. The first kappa shape index (κ1) is 17.6. The first-order chi connectivity index (χ1) is 12.7. The minimum absolute atomic E-state index is 0.0315. The van der Waals surface area contributed by atoms with E-state index < -0.39 is 0 Å². The summed E-state index contributed by atoms with van der Waals surface area (Å²) in [6.07, 6.45) is 1.69. The van der Waals surface area contributed by atoms with Gasteiger partial charge < -0.3 is 15.0 Å². The molecule has 0 unspecified atom stereocenters. The maximum absolute atomic E-state index is 12.5. The number of ether oxygens (including phenoxy) is 1. The Morgan fingerprint density at radius 2 is 2.35 bits per heavy atom. The summed E-state index contributed by atoms with van der Waals surface area (Å²) in [6.45, 7) is 2.28. The van der Waals surface area contributed by atoms with E-state index in [-0.39, 0.29) is 29.8 Å². The lowest BCUT2D eigenvalue weighted by molar-refractivity contribution is -0.138. The van der Waals surface area contributed by atoms with Gasteiger partial charge in [0.15, 0.2) is 5.69 Å². The van der Waals surface area contributed by atoms with Crippen LogP contribution in [-0.2, 0) is 16.1 Å². The predicted molar refractivity (Wildman–Crippen MR) is 97.9 cm³/mol. The van der Waals surface area contributed by atoms with Crippen LogP contribution in [-0.4, -0.2) is 52.1 Å². The smallest absolute Gasteiger partial charge is 0.275 e. The number of hydrogen-bond donors (Lipinski definition) is 1. The van der Waals surface area contributed by atoms with Crippen molar-refractivity contribution in [1.82, 2.24) is 19.8 Å². The molecule has 0 aromatic carbocycles. The van der Waals surface area contributed by atoms with Crippen LogP contribution in [0.25, 0.3) is 0 Å². The number of fused-ring (bicyclic) bond motifs is 1. The van der Waals surface area contributed by atoms with E-state index in [4.69, 9.17) is 4.74 Å². The molecule has 26 heavy (non-hydrogen) atoms. The molecule has 0 aliphatic carbocycles. The highest BCUT2D eigenvalue weighted by Crippen LogP contribution is 2.32. The number of carbonyl (C=O) groups excluding carboxylic acids is 2. The number of likely N-dealkylation sites (tertiary alicyclic amines) is 1. The standard InChI is InChI=1S/C17H20N4O3S2/c22-16(18-7-13-2-1-5-25-13)12-6-11-8-21(4-3-15(11)24-9-12)17(23)14-10-26-20-19-14/h1-2,5,10-12,15H,3-4,6-9H2,(H,18,22)/t11-,12-,15+/m0/s1. The highest BCUT2D eigenvalue weighted by atomic mass is 32.1. The normalized spacial score (nSPS) is 25.5. The number of nitrogens with one attached hydrogen (secondary N) is 1. The fourth-order valence-electron chi connectivity index (χ4n) is 3.65. The van der Waals surface area contributed by atoms with Gasteiger partial charge in [-0.3, -0.25) is 9.59 Å². The summed E-state index contributed by atoms with van der Waals surface area (Å²) in [5.41, 5.74) is 0.399. The van der Waals surface area contributed by atoms with Gasteiger partial charge in [0.2, 0.25) is 5.91 Å². The molecule has 0 radical (unpaired) electrons. The van der Waals surface area contributed by atoms with Crippen LogP contribution in [0.5, 0.6) is 0 Å². The summed E-state index contributed by atoms with van der Waals surface area (Å²) in [5, 5.41) is 10.5. The third-order valence-corrected chi connectivity index (χ3v) is 6.40. The Morgan fingerprint density at radius 1 is 1.42 bits per heavy atom. The summed E-state index contributed by atoms with van der Waals surface area (Å²) >= 11 is 2.81. The van der Waals surface area contributed by atoms with Gasteiger partial charge in [-0.25, -0.2) is 0 Å². The van der Waals surface area contributed by atoms with Crippen molar-refractivity contribution in [2.75, 3.05) is 19.7 Å². The molecule has 2 saturated heterocycles. The molecule has 0 bridgehead atoms. The zero-order chi connectivity index (χ0) is 17.9. The van der Waals surface area contributed by atoms with Gasteiger partial charge in [-0.05, 0) is 35.8 Å². The molecule has 2 aromatic rings. The van der Waals surface area contributed by atoms with E-state index in [0.29, 0.717) is 31.9 Å². The topological polar surface area (TPSA) is 84.4 Å². The lowest BCUT2D eigenvalue weighted by Gasteiger charge is -2.42. The number of amides is 2. The van der Waals surface area contributed by atoms with E-state index in [1.165, 1.54) is 11.5 Å². The van der Waals surface area contributed by atoms with Crippen molar-refractivity contribution in [3.63, 3.8) is 0 Å². The average Bonchev–Trinajstić information content (AvgIpc) is 3.38. The molecule has 0 spiro atoms. The Hall–Kier alpha value is -1.84. The second-order valence-electron chi connectivity index (χ2n) is 6.69. The van der Waals surface area contributed by atoms with Crippen LogP contribution < -0.4 is 5.32 Å². The third kappa shape index (κ3) is 3.79. The predicted octanol–water partition coefficient (Wildman–Crippen LogP) is 1.78. The van der Waals surface area contributed by atoms with Gasteiger partial charge in [-0.1, -0.05) is 10.6 Å². The molecule has 2 fully saturated rings. The summed E-state index contributed by atoms with van der Waals surface area (Å²) in [4.78, 5) is 27.9. The highest BCUT2D eigenvalue weighted by molar-refractivity contribution is 7.09. The second-order valence-corrected chi connectivity index (χ2v) is 8.33. The van der Waals surface area contributed by atoms with E-state index in [0.717, 1.165) is 17.7 Å². The van der Waals surface area contributed by atoms with Crippen LogP contribution in [0, 0.1) is 11.8 Å². The number of hydrogen-bond acceptors (Lipinski definition) is 7. The zero-order valence-corrected chi connectivity index (χ0v) is 15.8. The number of rotatable bonds is 4. The van der Waals surface area contributed by atoms with E-state index >= 15 is 0 Å². The van der Waals surface area contributed by atoms with E-state index in [1.807, 2.05) is 22.4 Å². The molecule has 9 heteroatoms. The number of aromatic nitrogens is 2. The molecule has 138 valence electrons. The highest BCUT2D eigenvalue weighted by Gasteiger charge is 2.39. The van der Waals surface area contributed by atoms with Crippen LogP contribution in [0.2, 0.25) is 0 Å². The Morgan fingerprint density at radius 3 is 3.12 bits per heavy atom. The van der Waals surface area contributed by atoms with Crippen LogP contribution in [0.4, 0.5) is 0 Å².